The molecular weight excluding hydrogens is 308 g/mol. The Morgan fingerprint density at radius 2 is 2.38 bits per heavy atom. The highest BCUT2D eigenvalue weighted by Crippen LogP contribution is 2.53. The number of anilines is 1. The zero-order valence-corrected chi connectivity index (χ0v) is 14.5. The summed E-state index contributed by atoms with van der Waals surface area (Å²) in [5, 5.41) is 14.3. The van der Waals surface area contributed by atoms with Crippen LogP contribution in [0.5, 0.6) is 0 Å². The van der Waals surface area contributed by atoms with Crippen molar-refractivity contribution in [2.75, 3.05) is 31.3 Å². The molecule has 3 rings (SSSR count). The van der Waals surface area contributed by atoms with Crippen LogP contribution in [0.2, 0.25) is 0 Å². The van der Waals surface area contributed by atoms with E-state index >= 15 is 0 Å². The lowest BCUT2D eigenvalue weighted by Gasteiger charge is -2.33. The highest BCUT2D eigenvalue weighted by molar-refractivity contribution is 5.88. The molecule has 2 heterocycles. The number of carbonyl (C=O) groups excluding carboxylic acids is 1. The van der Waals surface area contributed by atoms with E-state index in [9.17, 15) is 10.1 Å². The molecule has 1 aliphatic heterocycles. The Morgan fingerprint density at radius 1 is 1.62 bits per heavy atom. The van der Waals surface area contributed by atoms with Crippen LogP contribution in [0.3, 0.4) is 0 Å². The molecule has 0 aromatic carbocycles. The molecule has 1 aliphatic carbocycles. The number of aromatic nitrogens is 2. The van der Waals surface area contributed by atoms with Crippen molar-refractivity contribution in [3.63, 3.8) is 0 Å². The van der Waals surface area contributed by atoms with Crippen molar-refractivity contribution in [2.24, 2.45) is 5.41 Å². The molecule has 0 N–H and O–H groups in total. The predicted molar refractivity (Wildman–Crippen MR) is 87.8 cm³/mol. The van der Waals surface area contributed by atoms with Crippen LogP contribution in [0.15, 0.2) is 6.07 Å². The molecule has 130 valence electrons. The summed E-state index contributed by atoms with van der Waals surface area (Å²) in [6.07, 6.45) is 1.94. The largest absolute Gasteiger partial charge is 0.461 e. The Morgan fingerprint density at radius 3 is 2.96 bits per heavy atom. The van der Waals surface area contributed by atoms with E-state index in [1.807, 2.05) is 0 Å². The average Bonchev–Trinajstić information content (AvgIpc) is 3.15. The van der Waals surface area contributed by atoms with Crippen molar-refractivity contribution < 1.29 is 14.3 Å². The minimum atomic E-state index is -0.456. The average molecular weight is 332 g/mol. The molecule has 1 saturated carbocycles. The van der Waals surface area contributed by atoms with Gasteiger partial charge in [0, 0.05) is 18.0 Å². The second kappa shape index (κ2) is 6.44. The Balaban J connectivity index is 1.99. The number of carbonyl (C=O) groups is 1. The number of nitriles is 1. The zero-order valence-electron chi connectivity index (χ0n) is 14.5. The van der Waals surface area contributed by atoms with Gasteiger partial charge in [0.25, 0.3) is 0 Å². The van der Waals surface area contributed by atoms with Crippen LogP contribution in [0.4, 0.5) is 5.82 Å². The molecule has 1 saturated heterocycles. The van der Waals surface area contributed by atoms with Crippen LogP contribution in [-0.4, -0.2) is 48.2 Å². The molecule has 0 spiro atoms. The first-order chi connectivity index (χ1) is 11.5. The number of esters is 1. The van der Waals surface area contributed by atoms with Crippen LogP contribution in [0, 0.1) is 16.7 Å². The van der Waals surface area contributed by atoms with Crippen LogP contribution in [0.1, 0.15) is 50.1 Å². The maximum Gasteiger partial charge on any atom is 0.356 e. The third kappa shape index (κ3) is 2.98. The summed E-state index contributed by atoms with van der Waals surface area (Å²) < 4.78 is 12.2. The summed E-state index contributed by atoms with van der Waals surface area (Å²) >= 11 is 0. The van der Waals surface area contributed by atoms with E-state index < -0.39 is 12.0 Å². The minimum Gasteiger partial charge on any atom is -0.461 e. The molecule has 0 bridgehead atoms. The first kappa shape index (κ1) is 16.8. The molecule has 7 heteroatoms. The molecule has 1 aromatic rings. The van der Waals surface area contributed by atoms with E-state index in [1.165, 1.54) is 0 Å². The van der Waals surface area contributed by atoms with Gasteiger partial charge in [-0.25, -0.2) is 9.48 Å². The third-order valence-electron chi connectivity index (χ3n) is 4.93. The Kier molecular flexibility index (Phi) is 4.50. The summed E-state index contributed by atoms with van der Waals surface area (Å²) in [6.45, 7) is 8.16. The number of ether oxygens (including phenoxy) is 2. The fourth-order valence-corrected chi connectivity index (χ4v) is 3.12. The maximum atomic E-state index is 12.4. The third-order valence-corrected chi connectivity index (χ3v) is 4.93. The van der Waals surface area contributed by atoms with Gasteiger partial charge in [0.1, 0.15) is 11.7 Å². The van der Waals surface area contributed by atoms with Gasteiger partial charge in [-0.15, -0.1) is 0 Å². The smallest absolute Gasteiger partial charge is 0.356 e. The number of nitrogens with zero attached hydrogens (tertiary/aromatic N) is 4. The fourth-order valence-electron chi connectivity index (χ4n) is 3.12. The van der Waals surface area contributed by atoms with Gasteiger partial charge in [-0.2, -0.15) is 10.4 Å². The van der Waals surface area contributed by atoms with E-state index in [2.05, 4.69) is 29.9 Å². The molecule has 1 aromatic heterocycles. The number of hydrogen-bond donors (Lipinski definition) is 0. The lowest BCUT2D eigenvalue weighted by molar-refractivity contribution is 0.0508. The van der Waals surface area contributed by atoms with E-state index in [-0.39, 0.29) is 11.5 Å². The van der Waals surface area contributed by atoms with E-state index in [4.69, 9.17) is 9.47 Å². The Hall–Kier alpha value is -2.07. The highest BCUT2D eigenvalue weighted by atomic mass is 16.5. The molecule has 0 amide bonds. The van der Waals surface area contributed by atoms with Crippen LogP contribution in [-0.2, 0) is 9.47 Å². The van der Waals surface area contributed by atoms with Crippen molar-refractivity contribution in [1.82, 2.24) is 9.78 Å². The van der Waals surface area contributed by atoms with Gasteiger partial charge in [-0.05, 0) is 26.7 Å². The summed E-state index contributed by atoms with van der Waals surface area (Å²) in [6, 6.07) is 3.80. The Labute approximate surface area is 142 Å². The van der Waals surface area contributed by atoms with Crippen molar-refractivity contribution in [3.05, 3.63) is 11.8 Å². The Bertz CT molecular complexity index is 659. The van der Waals surface area contributed by atoms with Gasteiger partial charge in [-0.3, -0.25) is 0 Å². The summed E-state index contributed by atoms with van der Waals surface area (Å²) in [5.74, 6) is 0.278. The van der Waals surface area contributed by atoms with Crippen LogP contribution < -0.4 is 4.90 Å². The van der Waals surface area contributed by atoms with Crippen LogP contribution in [0.25, 0.3) is 0 Å². The monoisotopic (exact) mass is 332 g/mol. The van der Waals surface area contributed by atoms with E-state index in [0.29, 0.717) is 31.3 Å². The quantitative estimate of drug-likeness (QED) is 0.769. The SMILES string of the molecule is CCOC(=O)c1cc(N2CCOC[C@H]2C)nn1C(C#N)C1(C)CC1. The lowest BCUT2D eigenvalue weighted by Crippen LogP contribution is -2.44. The molecule has 2 atom stereocenters. The highest BCUT2D eigenvalue weighted by Gasteiger charge is 2.48. The second-order valence-corrected chi connectivity index (χ2v) is 6.86. The predicted octanol–water partition coefficient (Wildman–Crippen LogP) is 2.15. The molecule has 2 fully saturated rings. The fraction of sp³-hybridized carbons (Fsp3) is 0.706. The van der Waals surface area contributed by atoms with Crippen molar-refractivity contribution >= 4 is 11.8 Å². The van der Waals surface area contributed by atoms with Gasteiger partial charge in [-0.1, -0.05) is 6.92 Å². The number of rotatable bonds is 5. The first-order valence-electron chi connectivity index (χ1n) is 8.51. The first-order valence-corrected chi connectivity index (χ1v) is 8.51. The molecule has 24 heavy (non-hydrogen) atoms. The van der Waals surface area contributed by atoms with Crippen molar-refractivity contribution in [3.8, 4) is 6.07 Å². The van der Waals surface area contributed by atoms with Crippen molar-refractivity contribution in [2.45, 2.75) is 45.7 Å². The summed E-state index contributed by atoms with van der Waals surface area (Å²) in [4.78, 5) is 14.5. The van der Waals surface area contributed by atoms with E-state index in [0.717, 1.165) is 19.4 Å². The van der Waals surface area contributed by atoms with Gasteiger partial charge in [0.2, 0.25) is 0 Å². The minimum absolute atomic E-state index is 0.115. The number of morpholine rings is 1. The van der Waals surface area contributed by atoms with Gasteiger partial charge < -0.3 is 14.4 Å². The summed E-state index contributed by atoms with van der Waals surface area (Å²) in [7, 11) is 0. The maximum absolute atomic E-state index is 12.4. The van der Waals surface area contributed by atoms with Gasteiger partial charge >= 0.3 is 5.97 Å². The molecule has 1 unspecified atom stereocenters. The number of hydrogen-bond acceptors (Lipinski definition) is 6. The molecule has 2 aliphatic rings. The molecular formula is C17H24N4O3. The normalized spacial score (nSPS) is 23.4. The standard InChI is InChI=1S/C17H24N4O3/c1-4-24-16(22)13-9-15(20-7-8-23-11-12(20)2)19-21(13)14(10-18)17(3)5-6-17/h9,12,14H,4-8,11H2,1-3H3/t12-,14?/m1/s1. The zero-order chi connectivity index (χ0) is 17.3. The van der Waals surface area contributed by atoms with Gasteiger partial charge in [0.05, 0.1) is 31.9 Å². The van der Waals surface area contributed by atoms with Gasteiger partial charge in [0.15, 0.2) is 5.82 Å². The van der Waals surface area contributed by atoms with Crippen LogP contribution >= 0.6 is 0 Å². The second-order valence-electron chi connectivity index (χ2n) is 6.86. The lowest BCUT2D eigenvalue weighted by atomic mass is 10.0. The molecule has 7 nitrogen and oxygen atoms in total. The topological polar surface area (TPSA) is 80.4 Å². The van der Waals surface area contributed by atoms with E-state index in [1.54, 1.807) is 17.7 Å². The molecule has 0 radical (unpaired) electrons. The summed E-state index contributed by atoms with van der Waals surface area (Å²) in [5.41, 5.74) is 0.237. The van der Waals surface area contributed by atoms with Crippen molar-refractivity contribution in [1.29, 1.82) is 5.26 Å².